The maximum Gasteiger partial charge on any atom is 0.573 e. The predicted octanol–water partition coefficient (Wildman–Crippen LogP) is 4.77. The highest BCUT2D eigenvalue weighted by molar-refractivity contribution is 5.90. The van der Waals surface area contributed by atoms with Gasteiger partial charge in [-0.05, 0) is 61.2 Å². The number of halogens is 3. The molecule has 0 atom stereocenters. The van der Waals surface area contributed by atoms with Crippen molar-refractivity contribution < 1.29 is 22.7 Å². The van der Waals surface area contributed by atoms with Gasteiger partial charge in [-0.2, -0.15) is 0 Å². The Labute approximate surface area is 138 Å². The molecule has 6 heteroatoms. The molecule has 0 heterocycles. The second kappa shape index (κ2) is 7.38. The Kier molecular flexibility index (Phi) is 5.49. The number of carbonyl (C=O) groups excluding carboxylic acids is 1. The van der Waals surface area contributed by atoms with Crippen LogP contribution in [0.25, 0.3) is 0 Å². The molecule has 3 nitrogen and oxygen atoms in total. The van der Waals surface area contributed by atoms with Gasteiger partial charge in [-0.3, -0.25) is 4.79 Å². The van der Waals surface area contributed by atoms with E-state index in [4.69, 9.17) is 0 Å². The lowest BCUT2D eigenvalue weighted by atomic mass is 10.0. The summed E-state index contributed by atoms with van der Waals surface area (Å²) in [5.74, 6) is -0.520. The van der Waals surface area contributed by atoms with Gasteiger partial charge in [-0.1, -0.05) is 18.2 Å². The quantitative estimate of drug-likeness (QED) is 0.853. The maximum atomic E-state index is 12.1. The molecule has 0 fully saturated rings. The van der Waals surface area contributed by atoms with Crippen LogP contribution in [0.2, 0.25) is 0 Å². The highest BCUT2D eigenvalue weighted by atomic mass is 19.4. The normalized spacial score (nSPS) is 11.2. The van der Waals surface area contributed by atoms with E-state index in [-0.39, 0.29) is 11.7 Å². The minimum Gasteiger partial charge on any atom is -0.406 e. The summed E-state index contributed by atoms with van der Waals surface area (Å²) >= 11 is 0. The van der Waals surface area contributed by atoms with Crippen molar-refractivity contribution in [1.29, 1.82) is 0 Å². The van der Waals surface area contributed by atoms with Crippen molar-refractivity contribution >= 4 is 11.6 Å². The molecule has 0 aromatic heterocycles. The average molecular weight is 337 g/mol. The number of hydrogen-bond acceptors (Lipinski definition) is 2. The predicted molar refractivity (Wildman–Crippen MR) is 86.0 cm³/mol. The Morgan fingerprint density at radius 2 is 1.71 bits per heavy atom. The molecule has 1 amide bonds. The number of hydrogen-bond donors (Lipinski definition) is 1. The van der Waals surface area contributed by atoms with Gasteiger partial charge in [0.2, 0.25) is 5.91 Å². The van der Waals surface area contributed by atoms with Gasteiger partial charge in [-0.15, -0.1) is 13.2 Å². The van der Waals surface area contributed by atoms with Crippen LogP contribution in [0, 0.1) is 13.8 Å². The number of carbonyl (C=O) groups is 1. The number of benzene rings is 2. The van der Waals surface area contributed by atoms with Gasteiger partial charge in [0.1, 0.15) is 5.75 Å². The zero-order chi connectivity index (χ0) is 17.7. The summed E-state index contributed by atoms with van der Waals surface area (Å²) in [6.45, 7) is 4.04. The molecular formula is C18H18F3NO2. The number of amides is 1. The number of alkyl halides is 3. The molecule has 0 aliphatic rings. The Balaban J connectivity index is 1.86. The van der Waals surface area contributed by atoms with Gasteiger partial charge in [0, 0.05) is 12.1 Å². The number of anilines is 1. The Bertz CT molecular complexity index is 709. The first-order valence-electron chi connectivity index (χ1n) is 7.45. The van der Waals surface area contributed by atoms with E-state index < -0.39 is 6.36 Å². The van der Waals surface area contributed by atoms with Crippen LogP contribution < -0.4 is 10.1 Å². The van der Waals surface area contributed by atoms with Crippen LogP contribution in [0.3, 0.4) is 0 Å². The van der Waals surface area contributed by atoms with E-state index in [0.29, 0.717) is 18.5 Å². The van der Waals surface area contributed by atoms with Crippen LogP contribution in [0.4, 0.5) is 18.9 Å². The van der Waals surface area contributed by atoms with Crippen LogP contribution in [-0.4, -0.2) is 12.3 Å². The van der Waals surface area contributed by atoms with Crippen molar-refractivity contribution in [2.24, 2.45) is 0 Å². The molecule has 2 aromatic rings. The van der Waals surface area contributed by atoms with E-state index in [1.54, 1.807) is 0 Å². The van der Waals surface area contributed by atoms with Crippen LogP contribution in [0.1, 0.15) is 23.1 Å². The summed E-state index contributed by atoms with van der Waals surface area (Å²) in [7, 11) is 0. The molecule has 0 radical (unpaired) electrons. The largest absolute Gasteiger partial charge is 0.573 e. The fourth-order valence-electron chi connectivity index (χ4n) is 2.18. The summed E-state index contributed by atoms with van der Waals surface area (Å²) in [4.78, 5) is 11.9. The van der Waals surface area contributed by atoms with Crippen LogP contribution in [0.15, 0.2) is 42.5 Å². The molecule has 128 valence electrons. The topological polar surface area (TPSA) is 38.3 Å². The van der Waals surface area contributed by atoms with Crippen molar-refractivity contribution in [2.75, 3.05) is 5.32 Å². The molecule has 1 N–H and O–H groups in total. The van der Waals surface area contributed by atoms with Gasteiger partial charge in [-0.25, -0.2) is 0 Å². The van der Waals surface area contributed by atoms with Gasteiger partial charge < -0.3 is 10.1 Å². The smallest absolute Gasteiger partial charge is 0.406 e. The summed E-state index contributed by atoms with van der Waals surface area (Å²) in [5, 5.41) is 2.65. The average Bonchev–Trinajstić information content (AvgIpc) is 2.49. The third kappa shape index (κ3) is 5.61. The summed E-state index contributed by atoms with van der Waals surface area (Å²) in [5.41, 5.74) is 3.87. The van der Waals surface area contributed by atoms with E-state index in [1.165, 1.54) is 23.3 Å². The van der Waals surface area contributed by atoms with E-state index in [2.05, 4.69) is 10.1 Å². The Morgan fingerprint density at radius 1 is 1.04 bits per heavy atom. The van der Waals surface area contributed by atoms with Gasteiger partial charge in [0.05, 0.1) is 0 Å². The minimum atomic E-state index is -4.73. The molecule has 0 aliphatic carbocycles. The summed E-state index contributed by atoms with van der Waals surface area (Å²) < 4.78 is 40.0. The standard InChI is InChI=1S/C18H18F3NO2/c1-12-3-4-14(11-13(12)2)5-10-17(23)22-15-6-8-16(9-7-15)24-18(19,20)21/h3-4,6-9,11H,5,10H2,1-2H3,(H,22,23). The molecule has 0 saturated heterocycles. The second-order valence-corrected chi connectivity index (χ2v) is 5.54. The first kappa shape index (κ1) is 17.8. The number of aryl methyl sites for hydroxylation is 3. The van der Waals surface area contributed by atoms with Crippen molar-refractivity contribution in [3.05, 3.63) is 59.2 Å². The Morgan fingerprint density at radius 3 is 2.29 bits per heavy atom. The van der Waals surface area contributed by atoms with Crippen LogP contribution in [0.5, 0.6) is 5.75 Å². The SMILES string of the molecule is Cc1ccc(CCC(=O)Nc2ccc(OC(F)(F)F)cc2)cc1C. The molecule has 0 unspecified atom stereocenters. The highest BCUT2D eigenvalue weighted by Gasteiger charge is 2.30. The lowest BCUT2D eigenvalue weighted by molar-refractivity contribution is -0.274. The van der Waals surface area contributed by atoms with E-state index >= 15 is 0 Å². The lowest BCUT2D eigenvalue weighted by Gasteiger charge is -2.10. The fourth-order valence-corrected chi connectivity index (χ4v) is 2.18. The maximum absolute atomic E-state index is 12.1. The van der Waals surface area contributed by atoms with Gasteiger partial charge in [0.25, 0.3) is 0 Å². The van der Waals surface area contributed by atoms with Gasteiger partial charge in [0.15, 0.2) is 0 Å². The van der Waals surface area contributed by atoms with E-state index in [0.717, 1.165) is 17.7 Å². The first-order valence-corrected chi connectivity index (χ1v) is 7.45. The highest BCUT2D eigenvalue weighted by Crippen LogP contribution is 2.24. The zero-order valence-corrected chi connectivity index (χ0v) is 13.4. The monoisotopic (exact) mass is 337 g/mol. The molecule has 2 aromatic carbocycles. The fraction of sp³-hybridized carbons (Fsp3) is 0.278. The molecule has 0 aliphatic heterocycles. The minimum absolute atomic E-state index is 0.197. The first-order chi connectivity index (χ1) is 11.2. The van der Waals surface area contributed by atoms with Crippen molar-refractivity contribution in [3.8, 4) is 5.75 Å². The lowest BCUT2D eigenvalue weighted by Crippen LogP contribution is -2.17. The van der Waals surface area contributed by atoms with E-state index in [1.807, 2.05) is 32.0 Å². The summed E-state index contributed by atoms with van der Waals surface area (Å²) in [6, 6.07) is 11.1. The van der Waals surface area contributed by atoms with Crippen LogP contribution >= 0.6 is 0 Å². The molecule has 0 bridgehead atoms. The number of ether oxygens (including phenoxy) is 1. The van der Waals surface area contributed by atoms with Gasteiger partial charge >= 0.3 is 6.36 Å². The van der Waals surface area contributed by atoms with Crippen LogP contribution in [-0.2, 0) is 11.2 Å². The Hall–Kier alpha value is -2.50. The van der Waals surface area contributed by atoms with Crippen molar-refractivity contribution in [1.82, 2.24) is 0 Å². The molecule has 0 spiro atoms. The number of rotatable bonds is 5. The molecular weight excluding hydrogens is 319 g/mol. The number of nitrogens with one attached hydrogen (secondary N) is 1. The summed E-state index contributed by atoms with van der Waals surface area (Å²) in [6.07, 6.45) is -3.83. The van der Waals surface area contributed by atoms with E-state index in [9.17, 15) is 18.0 Å². The third-order valence-corrected chi connectivity index (χ3v) is 3.58. The second-order valence-electron chi connectivity index (χ2n) is 5.54. The zero-order valence-electron chi connectivity index (χ0n) is 13.4. The van der Waals surface area contributed by atoms with Crippen molar-refractivity contribution in [2.45, 2.75) is 33.1 Å². The third-order valence-electron chi connectivity index (χ3n) is 3.58. The molecule has 24 heavy (non-hydrogen) atoms. The molecule has 2 rings (SSSR count). The molecule has 0 saturated carbocycles. The van der Waals surface area contributed by atoms with Crippen molar-refractivity contribution in [3.63, 3.8) is 0 Å².